The smallest absolute Gasteiger partial charge is 0.0847 e. The summed E-state index contributed by atoms with van der Waals surface area (Å²) in [5.41, 5.74) is -0.0887. The molecule has 0 saturated heterocycles. The summed E-state index contributed by atoms with van der Waals surface area (Å²) in [6.45, 7) is 10.5. The lowest BCUT2D eigenvalue weighted by atomic mass is 9.86. The summed E-state index contributed by atoms with van der Waals surface area (Å²) in [6, 6.07) is 0. The topological polar surface area (TPSA) is 29.5 Å². The molecule has 0 bridgehead atoms. The highest BCUT2D eigenvalue weighted by molar-refractivity contribution is 4.77. The summed E-state index contributed by atoms with van der Waals surface area (Å²) >= 11 is 0. The average Bonchev–Trinajstić information content (AvgIpc) is 1.85. The first kappa shape index (κ1) is 10.9. The number of hydrogen-bond acceptors (Lipinski definition) is 2. The van der Waals surface area contributed by atoms with Crippen molar-refractivity contribution < 1.29 is 9.84 Å². The van der Waals surface area contributed by atoms with Gasteiger partial charge < -0.3 is 9.84 Å². The SMILES string of the molecule is CCOC(C)C(O)C(C)(C)C. The van der Waals surface area contributed by atoms with Crippen molar-refractivity contribution in [3.8, 4) is 0 Å². The molecule has 0 aliphatic heterocycles. The Morgan fingerprint density at radius 2 is 1.82 bits per heavy atom. The summed E-state index contributed by atoms with van der Waals surface area (Å²) in [6.07, 6.45) is -0.456. The number of ether oxygens (including phenoxy) is 1. The van der Waals surface area contributed by atoms with Crippen LogP contribution in [0.4, 0.5) is 0 Å². The minimum atomic E-state index is -0.387. The van der Waals surface area contributed by atoms with E-state index in [-0.39, 0.29) is 17.6 Å². The number of hydrogen-bond donors (Lipinski definition) is 1. The second-order valence-corrected chi connectivity index (χ2v) is 3.97. The van der Waals surface area contributed by atoms with Gasteiger partial charge in [0.1, 0.15) is 0 Å². The number of aliphatic hydroxyl groups excluding tert-OH is 1. The van der Waals surface area contributed by atoms with Gasteiger partial charge in [-0.3, -0.25) is 0 Å². The molecule has 2 atom stereocenters. The van der Waals surface area contributed by atoms with Crippen LogP contribution in [0.15, 0.2) is 0 Å². The van der Waals surface area contributed by atoms with E-state index in [2.05, 4.69) is 0 Å². The quantitative estimate of drug-likeness (QED) is 0.682. The summed E-state index contributed by atoms with van der Waals surface area (Å²) in [7, 11) is 0. The van der Waals surface area contributed by atoms with Crippen LogP contribution in [0.5, 0.6) is 0 Å². The highest BCUT2D eigenvalue weighted by Gasteiger charge is 2.27. The first-order valence-corrected chi connectivity index (χ1v) is 4.19. The van der Waals surface area contributed by atoms with Gasteiger partial charge in [-0.25, -0.2) is 0 Å². The molecule has 0 heterocycles. The lowest BCUT2D eigenvalue weighted by molar-refractivity contribution is -0.0693. The van der Waals surface area contributed by atoms with Gasteiger partial charge in [-0.15, -0.1) is 0 Å². The molecular formula is C9H20O2. The van der Waals surface area contributed by atoms with Gasteiger partial charge in [-0.1, -0.05) is 20.8 Å². The van der Waals surface area contributed by atoms with Crippen molar-refractivity contribution in [2.75, 3.05) is 6.61 Å². The Morgan fingerprint density at radius 3 is 2.09 bits per heavy atom. The highest BCUT2D eigenvalue weighted by atomic mass is 16.5. The van der Waals surface area contributed by atoms with Gasteiger partial charge >= 0.3 is 0 Å². The molecule has 0 aliphatic rings. The van der Waals surface area contributed by atoms with Crippen LogP contribution in [-0.2, 0) is 4.74 Å². The van der Waals surface area contributed by atoms with E-state index in [0.29, 0.717) is 6.61 Å². The van der Waals surface area contributed by atoms with Crippen molar-refractivity contribution in [2.24, 2.45) is 5.41 Å². The molecule has 2 heteroatoms. The van der Waals surface area contributed by atoms with Crippen LogP contribution in [0.3, 0.4) is 0 Å². The van der Waals surface area contributed by atoms with E-state index in [9.17, 15) is 5.11 Å². The lowest BCUT2D eigenvalue weighted by Gasteiger charge is -2.30. The summed E-state index contributed by atoms with van der Waals surface area (Å²) in [4.78, 5) is 0. The van der Waals surface area contributed by atoms with E-state index in [0.717, 1.165) is 0 Å². The van der Waals surface area contributed by atoms with E-state index in [1.807, 2.05) is 34.6 Å². The van der Waals surface area contributed by atoms with Gasteiger partial charge in [0.2, 0.25) is 0 Å². The van der Waals surface area contributed by atoms with Crippen molar-refractivity contribution in [3.63, 3.8) is 0 Å². The lowest BCUT2D eigenvalue weighted by Crippen LogP contribution is -2.37. The van der Waals surface area contributed by atoms with Crippen LogP contribution in [0.2, 0.25) is 0 Å². The maximum absolute atomic E-state index is 9.66. The van der Waals surface area contributed by atoms with Crippen LogP contribution in [0.25, 0.3) is 0 Å². The fourth-order valence-electron chi connectivity index (χ4n) is 1.06. The fourth-order valence-corrected chi connectivity index (χ4v) is 1.06. The maximum atomic E-state index is 9.66. The van der Waals surface area contributed by atoms with E-state index in [1.54, 1.807) is 0 Å². The van der Waals surface area contributed by atoms with Crippen molar-refractivity contribution in [3.05, 3.63) is 0 Å². The van der Waals surface area contributed by atoms with Gasteiger partial charge in [-0.2, -0.15) is 0 Å². The Balaban J connectivity index is 3.91. The Bertz CT molecular complexity index is 105. The van der Waals surface area contributed by atoms with Crippen LogP contribution in [-0.4, -0.2) is 23.9 Å². The van der Waals surface area contributed by atoms with E-state index in [1.165, 1.54) is 0 Å². The van der Waals surface area contributed by atoms with Gasteiger partial charge in [-0.05, 0) is 19.3 Å². The van der Waals surface area contributed by atoms with Crippen molar-refractivity contribution >= 4 is 0 Å². The molecule has 0 radical (unpaired) electrons. The predicted molar refractivity (Wildman–Crippen MR) is 46.5 cm³/mol. The summed E-state index contributed by atoms with van der Waals surface area (Å²) in [5.74, 6) is 0. The zero-order chi connectivity index (χ0) is 9.07. The van der Waals surface area contributed by atoms with Crippen LogP contribution >= 0.6 is 0 Å². The zero-order valence-corrected chi connectivity index (χ0v) is 8.22. The van der Waals surface area contributed by atoms with Crippen molar-refractivity contribution in [2.45, 2.75) is 46.8 Å². The molecule has 1 N–H and O–H groups in total. The molecule has 0 aromatic heterocycles. The van der Waals surface area contributed by atoms with E-state index < -0.39 is 0 Å². The van der Waals surface area contributed by atoms with Crippen LogP contribution in [0.1, 0.15) is 34.6 Å². The Labute approximate surface area is 69.6 Å². The zero-order valence-electron chi connectivity index (χ0n) is 8.22. The Kier molecular flexibility index (Phi) is 4.04. The molecule has 0 rings (SSSR count). The third kappa shape index (κ3) is 3.73. The average molecular weight is 160 g/mol. The summed E-state index contributed by atoms with van der Waals surface area (Å²) < 4.78 is 5.28. The van der Waals surface area contributed by atoms with Crippen molar-refractivity contribution in [1.29, 1.82) is 0 Å². The fraction of sp³-hybridized carbons (Fsp3) is 1.00. The van der Waals surface area contributed by atoms with Crippen LogP contribution < -0.4 is 0 Å². The number of aliphatic hydroxyl groups is 1. The van der Waals surface area contributed by atoms with E-state index >= 15 is 0 Å². The third-order valence-electron chi connectivity index (χ3n) is 1.76. The normalized spacial score (nSPS) is 18.0. The first-order chi connectivity index (χ1) is 4.89. The van der Waals surface area contributed by atoms with Gasteiger partial charge in [0.25, 0.3) is 0 Å². The number of rotatable bonds is 3. The van der Waals surface area contributed by atoms with Crippen molar-refractivity contribution in [1.82, 2.24) is 0 Å². The molecule has 0 amide bonds. The molecule has 2 nitrogen and oxygen atoms in total. The molecule has 0 fully saturated rings. The molecule has 0 saturated carbocycles. The Morgan fingerprint density at radius 1 is 1.36 bits per heavy atom. The second-order valence-electron chi connectivity index (χ2n) is 3.97. The molecule has 0 aromatic carbocycles. The largest absolute Gasteiger partial charge is 0.390 e. The molecule has 11 heavy (non-hydrogen) atoms. The Hall–Kier alpha value is -0.0800. The maximum Gasteiger partial charge on any atom is 0.0847 e. The molecule has 2 unspecified atom stereocenters. The standard InChI is InChI=1S/C9H20O2/c1-6-11-7(2)8(10)9(3,4)5/h7-8,10H,6H2,1-5H3. The van der Waals surface area contributed by atoms with Gasteiger partial charge in [0, 0.05) is 6.61 Å². The predicted octanol–water partition coefficient (Wildman–Crippen LogP) is 1.82. The molecule has 0 aromatic rings. The summed E-state index contributed by atoms with van der Waals surface area (Å²) in [5, 5.41) is 9.66. The van der Waals surface area contributed by atoms with E-state index in [4.69, 9.17) is 4.74 Å². The monoisotopic (exact) mass is 160 g/mol. The minimum Gasteiger partial charge on any atom is -0.390 e. The molecule has 0 aliphatic carbocycles. The third-order valence-corrected chi connectivity index (χ3v) is 1.76. The van der Waals surface area contributed by atoms with Crippen LogP contribution in [0, 0.1) is 5.41 Å². The molecule has 68 valence electrons. The van der Waals surface area contributed by atoms with Gasteiger partial charge in [0.05, 0.1) is 12.2 Å². The molecular weight excluding hydrogens is 140 g/mol. The highest BCUT2D eigenvalue weighted by Crippen LogP contribution is 2.22. The first-order valence-electron chi connectivity index (χ1n) is 4.19. The molecule has 0 spiro atoms. The second kappa shape index (κ2) is 4.07. The van der Waals surface area contributed by atoms with Gasteiger partial charge in [0.15, 0.2) is 0 Å². The minimum absolute atomic E-state index is 0.0694.